The van der Waals surface area contributed by atoms with Crippen LogP contribution in [-0.2, 0) is 6.54 Å². The van der Waals surface area contributed by atoms with Crippen LogP contribution < -0.4 is 85.5 Å². The monoisotopic (exact) mass is 1710 g/mol. The number of para-hydroxylation sites is 2. The Morgan fingerprint density at radius 3 is 1.19 bits per heavy atom. The van der Waals surface area contributed by atoms with Crippen LogP contribution in [0.4, 0.5) is 104 Å². The Morgan fingerprint density at radius 2 is 0.790 bits per heavy atom. The molecule has 0 saturated carbocycles. The van der Waals surface area contributed by atoms with Gasteiger partial charge in [-0.15, -0.1) is 0 Å². The van der Waals surface area contributed by atoms with Crippen molar-refractivity contribution in [2.24, 2.45) is 0 Å². The summed E-state index contributed by atoms with van der Waals surface area (Å²) in [6, 6.07) is 57.2. The number of anilines is 18. The lowest BCUT2D eigenvalue weighted by atomic mass is 10.2. The summed E-state index contributed by atoms with van der Waals surface area (Å²) in [7, 11) is 7.51. The lowest BCUT2D eigenvalue weighted by molar-refractivity contribution is 0.174. The van der Waals surface area contributed by atoms with E-state index in [1.165, 1.54) is 37.3 Å². The highest BCUT2D eigenvalue weighted by molar-refractivity contribution is 6.32. The molecule has 18 rings (SSSR count). The number of piperazine rings is 2. The van der Waals surface area contributed by atoms with E-state index in [-0.39, 0.29) is 13.6 Å². The van der Waals surface area contributed by atoms with Gasteiger partial charge in [-0.3, -0.25) is 9.58 Å². The molecular weight excluding hydrogens is 1610 g/mol. The van der Waals surface area contributed by atoms with Gasteiger partial charge in [0.25, 0.3) is 0 Å². The molecule has 124 heavy (non-hydrogen) atoms. The van der Waals surface area contributed by atoms with Gasteiger partial charge in [-0.05, 0) is 213 Å². The van der Waals surface area contributed by atoms with Gasteiger partial charge >= 0.3 is 0 Å². The molecule has 0 spiro atoms. The second kappa shape index (κ2) is 41.3. The highest BCUT2D eigenvalue weighted by Crippen LogP contribution is 2.43. The van der Waals surface area contributed by atoms with E-state index < -0.39 is 0 Å². The van der Waals surface area contributed by atoms with Crippen LogP contribution in [0.3, 0.4) is 0 Å². The molecule has 5 aromatic heterocycles. The molecule has 13 aromatic rings. The average molecular weight is 1710 g/mol. The van der Waals surface area contributed by atoms with Crippen molar-refractivity contribution in [1.82, 2.24) is 64.4 Å². The summed E-state index contributed by atoms with van der Waals surface area (Å²) >= 11 is 12.2. The minimum absolute atomic E-state index is 0.224. The van der Waals surface area contributed by atoms with E-state index in [0.717, 1.165) is 168 Å². The summed E-state index contributed by atoms with van der Waals surface area (Å²) in [5.41, 5.74) is 14.3. The molecule has 0 atom stereocenters. The standard InChI is InChI=1S/C24H27N5O3.C23H27ClN6O.C23H26N6O2.C22H21ClN6O/c1-17-15-25-24(28-23(17)27-20-5-4-6-21-22(20)32-16-31-21)26-18-7-9-19(10-8-18)30-14-13-29-11-2-3-12-29;1-16-15-25-23(28-22(16)26-18-6-9-20(24)21(14-18)31-3)27-17-4-7-19(8-5-17)30-12-10-29(2)11-13-30;1-16-14-24-23(27-22(16)26-19-4-3-5-20-21(19)31-15-30-20)25-17-6-8-18(9-7-17)29-12-10-28(2)11-13-29;1-15-13-24-22(28-21(15)26-18-8-9-19(23)20(12-18)30-2)27-17-6-4-16(5-7-17)14-29-11-3-10-25-29/h4-10,15H,2-3,11-14,16H2,1H3,(H2,25,26,27,28);4-9,14-15H,10-13H2,1-3H3,(H2,25,26,27,28);3-9,14H,10-13,15H2,1-2H3,(H2,24,25,26,27);3-13H,14H2,1-2H3,(H2,24,26,27,28). The fourth-order valence-corrected chi connectivity index (χ4v) is 14.3. The predicted molar refractivity (Wildman–Crippen MR) is 492 cm³/mol. The first-order chi connectivity index (χ1) is 60.5. The summed E-state index contributed by atoms with van der Waals surface area (Å²) in [6.45, 7) is 21.7. The molecule has 640 valence electrons. The van der Waals surface area contributed by atoms with Gasteiger partial charge in [0, 0.05) is 176 Å². The fraction of sp³-hybridized carbons (Fsp3) is 0.272. The lowest BCUT2D eigenvalue weighted by Gasteiger charge is -2.34. The highest BCUT2D eigenvalue weighted by Gasteiger charge is 2.23. The molecule has 10 heterocycles. The molecule has 0 aliphatic carbocycles. The molecule has 3 fully saturated rings. The number of nitrogens with zero attached hydrogens (tertiary/aromatic N) is 15. The number of halogens is 2. The Kier molecular flexibility index (Phi) is 28.4. The topological polar surface area (TPSA) is 298 Å². The predicted octanol–water partition coefficient (Wildman–Crippen LogP) is 18.1. The Morgan fingerprint density at radius 1 is 0.403 bits per heavy atom. The van der Waals surface area contributed by atoms with Gasteiger partial charge in [0.05, 0.1) is 42.2 Å². The number of likely N-dealkylation sites (N-methyl/N-ethyl adjacent to an activating group) is 2. The maximum Gasteiger partial charge on any atom is 0.231 e. The van der Waals surface area contributed by atoms with Gasteiger partial charge in [-0.1, -0.05) is 47.5 Å². The van der Waals surface area contributed by atoms with Crippen LogP contribution in [0.2, 0.25) is 10.0 Å². The second-order valence-electron chi connectivity index (χ2n) is 30.2. The molecule has 32 heteroatoms. The Labute approximate surface area is 731 Å². The number of hydrogen-bond donors (Lipinski definition) is 8. The van der Waals surface area contributed by atoms with Gasteiger partial charge in [0.1, 0.15) is 47.1 Å². The maximum absolute atomic E-state index is 6.12. The third kappa shape index (κ3) is 23.1. The van der Waals surface area contributed by atoms with Crippen LogP contribution in [0.1, 0.15) is 40.7 Å². The highest BCUT2D eigenvalue weighted by atomic mass is 35.5. The molecule has 8 aromatic carbocycles. The Balaban J connectivity index is 0.000000128. The molecule has 0 radical (unpaired) electrons. The van der Waals surface area contributed by atoms with E-state index in [1.807, 2.05) is 142 Å². The SMILES string of the molecule is COc1cc(Nc2nc(Nc3ccc(Cn4cccn4)cc3)ncc2C)ccc1Cl.COc1cc(Nc2nc(Nc3ccc(N4CCN(C)CC4)cc3)ncc2C)ccc1Cl.Cc1cnc(Nc2ccc(N3CCN(C)CC3)cc2)nc1Nc1cccc2c1OCO2.Cc1cnc(Nc2ccc(OCCN3CCCC3)cc2)nc1Nc1cccc2c1OCO2. The second-order valence-corrected chi connectivity index (χ2v) is 31.0. The minimum Gasteiger partial charge on any atom is -0.495 e. The van der Waals surface area contributed by atoms with Gasteiger partial charge in [0.15, 0.2) is 23.0 Å². The molecular formula is C92H101Cl2N23O7. The van der Waals surface area contributed by atoms with Crippen molar-refractivity contribution < 1.29 is 33.2 Å². The van der Waals surface area contributed by atoms with Crippen LogP contribution >= 0.6 is 23.2 Å². The number of benzene rings is 8. The Bertz CT molecular complexity index is 5690. The van der Waals surface area contributed by atoms with Crippen molar-refractivity contribution in [3.8, 4) is 40.2 Å². The third-order valence-electron chi connectivity index (χ3n) is 21.1. The molecule has 0 amide bonds. The summed E-state index contributed by atoms with van der Waals surface area (Å²) in [5, 5.41) is 31.7. The summed E-state index contributed by atoms with van der Waals surface area (Å²) in [5.74, 6) is 9.84. The normalized spacial score (nSPS) is 14.0. The fourth-order valence-electron chi connectivity index (χ4n) is 13.9. The maximum atomic E-state index is 6.12. The Hall–Kier alpha value is -13.7. The molecule has 5 aliphatic heterocycles. The largest absolute Gasteiger partial charge is 0.495 e. The molecule has 3 saturated heterocycles. The van der Waals surface area contributed by atoms with Gasteiger partial charge < -0.3 is 95.3 Å². The van der Waals surface area contributed by atoms with Gasteiger partial charge in [-0.2, -0.15) is 25.0 Å². The zero-order valence-corrected chi connectivity index (χ0v) is 72.1. The van der Waals surface area contributed by atoms with E-state index in [4.69, 9.17) is 56.4 Å². The minimum atomic E-state index is 0.224. The van der Waals surface area contributed by atoms with Crippen molar-refractivity contribution in [2.45, 2.75) is 47.1 Å². The number of methoxy groups -OCH3 is 2. The molecule has 8 N–H and O–H groups in total. The van der Waals surface area contributed by atoms with Crippen LogP contribution in [0.15, 0.2) is 213 Å². The molecule has 0 bridgehead atoms. The quantitative estimate of drug-likeness (QED) is 0.0250. The average Bonchev–Trinajstić information content (AvgIpc) is 1.66. The lowest BCUT2D eigenvalue weighted by Crippen LogP contribution is -2.44. The van der Waals surface area contributed by atoms with Gasteiger partial charge in [0.2, 0.25) is 37.4 Å². The zero-order valence-electron chi connectivity index (χ0n) is 70.5. The van der Waals surface area contributed by atoms with Crippen molar-refractivity contribution in [2.75, 3.05) is 173 Å². The number of ether oxygens (including phenoxy) is 7. The van der Waals surface area contributed by atoms with Crippen molar-refractivity contribution in [1.29, 1.82) is 0 Å². The molecule has 30 nitrogen and oxygen atoms in total. The summed E-state index contributed by atoms with van der Waals surface area (Å²) in [4.78, 5) is 48.2. The number of nitrogens with one attached hydrogen (secondary N) is 8. The van der Waals surface area contributed by atoms with E-state index in [2.05, 4.69) is 187 Å². The first-order valence-corrected chi connectivity index (χ1v) is 41.8. The number of likely N-dealkylation sites (tertiary alicyclic amines) is 1. The van der Waals surface area contributed by atoms with Gasteiger partial charge in [-0.25, -0.2) is 19.9 Å². The first kappa shape index (κ1) is 85.3. The summed E-state index contributed by atoms with van der Waals surface area (Å²) < 4.78 is 40.4. The number of hydrogen-bond acceptors (Lipinski definition) is 29. The zero-order chi connectivity index (χ0) is 85.7. The summed E-state index contributed by atoms with van der Waals surface area (Å²) in [6.07, 6.45) is 13.5. The van der Waals surface area contributed by atoms with Crippen LogP contribution in [0, 0.1) is 27.7 Å². The first-order valence-electron chi connectivity index (χ1n) is 41.1. The molecule has 5 aliphatic rings. The van der Waals surface area contributed by atoms with E-state index in [0.29, 0.717) is 75.1 Å². The van der Waals surface area contributed by atoms with Crippen molar-refractivity contribution >= 4 is 127 Å². The van der Waals surface area contributed by atoms with Crippen molar-refractivity contribution in [3.05, 3.63) is 251 Å². The number of aryl methyl sites for hydroxylation is 4. The van der Waals surface area contributed by atoms with Crippen LogP contribution in [0.25, 0.3) is 0 Å². The van der Waals surface area contributed by atoms with Crippen LogP contribution in [0.5, 0.6) is 40.2 Å². The van der Waals surface area contributed by atoms with Crippen LogP contribution in [-0.4, -0.2) is 185 Å². The van der Waals surface area contributed by atoms with E-state index in [1.54, 1.807) is 57.3 Å². The molecule has 0 unspecified atom stereocenters. The number of fused-ring (bicyclic) bond motifs is 2. The van der Waals surface area contributed by atoms with E-state index in [9.17, 15) is 0 Å². The third-order valence-corrected chi connectivity index (χ3v) is 21.7. The van der Waals surface area contributed by atoms with E-state index >= 15 is 0 Å². The smallest absolute Gasteiger partial charge is 0.231 e. The van der Waals surface area contributed by atoms with Crippen molar-refractivity contribution in [3.63, 3.8) is 0 Å². The number of aromatic nitrogens is 10. The number of rotatable bonds is 26.